The molecule has 0 aliphatic carbocycles. The summed E-state index contributed by atoms with van der Waals surface area (Å²) < 4.78 is 21.6. The van der Waals surface area contributed by atoms with Crippen molar-refractivity contribution in [2.45, 2.75) is 26.6 Å². The number of ether oxygens (including phenoxy) is 1. The second-order valence-corrected chi connectivity index (χ2v) is 10.3. The summed E-state index contributed by atoms with van der Waals surface area (Å²) in [5, 5.41) is 2.10. The minimum atomic E-state index is -0.182. The van der Waals surface area contributed by atoms with Gasteiger partial charge in [0, 0.05) is 75.2 Å². The van der Waals surface area contributed by atoms with Crippen molar-refractivity contribution < 1.29 is 9.13 Å². The Bertz CT molecular complexity index is 1310. The highest BCUT2D eigenvalue weighted by Gasteiger charge is 2.21. The van der Waals surface area contributed by atoms with Crippen LogP contribution in [0.4, 0.5) is 10.1 Å². The van der Waals surface area contributed by atoms with Gasteiger partial charge in [-0.1, -0.05) is 6.07 Å². The van der Waals surface area contributed by atoms with Gasteiger partial charge in [0.1, 0.15) is 18.2 Å². The molecule has 2 aromatic heterocycles. The lowest BCUT2D eigenvalue weighted by molar-refractivity contribution is 0.217. The maximum absolute atomic E-state index is 13.2. The highest BCUT2D eigenvalue weighted by atomic mass is 32.1. The monoisotopic (exact) mass is 491 g/mol. The van der Waals surface area contributed by atoms with E-state index in [-0.39, 0.29) is 5.82 Å². The van der Waals surface area contributed by atoms with E-state index >= 15 is 0 Å². The number of anilines is 1. The average Bonchev–Trinajstić information content (AvgIpc) is 3.35. The number of aromatic nitrogens is 2. The Labute approximate surface area is 209 Å². The number of imidazole rings is 1. The Balaban J connectivity index is 1.11. The van der Waals surface area contributed by atoms with Crippen LogP contribution >= 0.6 is 11.3 Å². The van der Waals surface area contributed by atoms with E-state index in [0.29, 0.717) is 6.61 Å². The van der Waals surface area contributed by atoms with Gasteiger partial charge in [-0.25, -0.2) is 9.37 Å². The van der Waals surface area contributed by atoms with Crippen LogP contribution in [0.2, 0.25) is 0 Å². The van der Waals surface area contributed by atoms with Gasteiger partial charge in [0.25, 0.3) is 0 Å². The molecular formula is C27H30FN5OS. The Hall–Kier alpha value is -2.94. The molecule has 182 valence electrons. The lowest BCUT2D eigenvalue weighted by Crippen LogP contribution is -2.45. The van der Waals surface area contributed by atoms with Gasteiger partial charge in [-0.3, -0.25) is 14.2 Å². The minimum absolute atomic E-state index is 0.182. The van der Waals surface area contributed by atoms with Gasteiger partial charge in [0.15, 0.2) is 4.96 Å². The van der Waals surface area contributed by atoms with E-state index in [1.807, 2.05) is 12.1 Å². The van der Waals surface area contributed by atoms with Crippen molar-refractivity contribution in [1.29, 1.82) is 0 Å². The molecule has 6 rings (SSSR count). The molecule has 0 N–H and O–H groups in total. The number of benzene rings is 2. The number of piperazine rings is 1. The van der Waals surface area contributed by atoms with Gasteiger partial charge in [-0.05, 0) is 48.9 Å². The predicted octanol–water partition coefficient (Wildman–Crippen LogP) is 4.56. The zero-order valence-electron chi connectivity index (χ0n) is 20.0. The largest absolute Gasteiger partial charge is 0.492 e. The van der Waals surface area contributed by atoms with E-state index in [1.54, 1.807) is 23.5 Å². The standard InChI is InChI=1S/C27H30FN5OS/c1-20-25(33-13-15-35-27(33)29-20)19-31-12-14-34-26-7-2-21(16-22(26)18-31)17-30-8-10-32(11-9-30)24-5-3-23(28)4-6-24/h2-7,13,15-16H,8-12,14,17-19H2,1H3. The van der Waals surface area contributed by atoms with Gasteiger partial charge in [0.05, 0.1) is 11.4 Å². The van der Waals surface area contributed by atoms with Crippen LogP contribution in [0.3, 0.4) is 0 Å². The number of thiazole rings is 1. The Morgan fingerprint density at radius 3 is 2.63 bits per heavy atom. The first-order valence-electron chi connectivity index (χ1n) is 12.2. The molecule has 6 nitrogen and oxygen atoms in total. The molecule has 0 spiro atoms. The van der Waals surface area contributed by atoms with Crippen LogP contribution in [-0.4, -0.2) is 58.5 Å². The van der Waals surface area contributed by atoms with E-state index in [1.165, 1.54) is 16.8 Å². The first-order valence-corrected chi connectivity index (χ1v) is 13.1. The molecule has 4 aromatic rings. The zero-order valence-corrected chi connectivity index (χ0v) is 20.8. The molecular weight excluding hydrogens is 461 g/mol. The maximum atomic E-state index is 13.2. The summed E-state index contributed by atoms with van der Waals surface area (Å²) in [4.78, 5) is 13.1. The molecule has 8 heteroatoms. The van der Waals surface area contributed by atoms with Crippen LogP contribution in [0.15, 0.2) is 54.0 Å². The first-order chi connectivity index (χ1) is 17.1. The molecule has 0 bridgehead atoms. The number of hydrogen-bond acceptors (Lipinski definition) is 6. The summed E-state index contributed by atoms with van der Waals surface area (Å²) >= 11 is 1.68. The third kappa shape index (κ3) is 4.78. The second-order valence-electron chi connectivity index (χ2n) is 9.44. The highest BCUT2D eigenvalue weighted by molar-refractivity contribution is 7.15. The fourth-order valence-electron chi connectivity index (χ4n) is 5.15. The summed E-state index contributed by atoms with van der Waals surface area (Å²) in [7, 11) is 0. The smallest absolute Gasteiger partial charge is 0.194 e. The van der Waals surface area contributed by atoms with Gasteiger partial charge in [-0.2, -0.15) is 0 Å². The van der Waals surface area contributed by atoms with Crippen LogP contribution < -0.4 is 9.64 Å². The van der Waals surface area contributed by atoms with Crippen LogP contribution in [0, 0.1) is 12.7 Å². The first kappa shape index (κ1) is 22.5. The van der Waals surface area contributed by atoms with Crippen molar-refractivity contribution in [3.8, 4) is 5.75 Å². The summed E-state index contributed by atoms with van der Waals surface area (Å²) in [6, 6.07) is 13.5. The highest BCUT2D eigenvalue weighted by Crippen LogP contribution is 2.27. The van der Waals surface area contributed by atoms with Crippen molar-refractivity contribution in [1.82, 2.24) is 19.2 Å². The maximum Gasteiger partial charge on any atom is 0.194 e. The number of rotatable bonds is 5. The van der Waals surface area contributed by atoms with Gasteiger partial charge < -0.3 is 9.64 Å². The van der Waals surface area contributed by atoms with E-state index in [2.05, 4.69) is 55.8 Å². The lowest BCUT2D eigenvalue weighted by atomic mass is 10.1. The SMILES string of the molecule is Cc1nc2sccn2c1CN1CCOc2ccc(CN3CCN(c4ccc(F)cc4)CC3)cc2C1. The molecule has 0 unspecified atom stereocenters. The third-order valence-corrected chi connectivity index (χ3v) is 7.85. The fraction of sp³-hybridized carbons (Fsp3) is 0.370. The number of hydrogen-bond donors (Lipinski definition) is 0. The minimum Gasteiger partial charge on any atom is -0.492 e. The molecule has 35 heavy (non-hydrogen) atoms. The van der Waals surface area contributed by atoms with Crippen molar-refractivity contribution in [3.05, 3.63) is 82.4 Å². The van der Waals surface area contributed by atoms with Crippen LogP contribution in [0.5, 0.6) is 5.75 Å². The van der Waals surface area contributed by atoms with Crippen molar-refractivity contribution in [2.24, 2.45) is 0 Å². The molecule has 2 aromatic carbocycles. The van der Waals surface area contributed by atoms with Crippen LogP contribution in [0.25, 0.3) is 4.96 Å². The normalized spacial score (nSPS) is 17.4. The van der Waals surface area contributed by atoms with E-state index < -0.39 is 0 Å². The Morgan fingerprint density at radius 1 is 0.971 bits per heavy atom. The van der Waals surface area contributed by atoms with Crippen molar-refractivity contribution in [2.75, 3.05) is 44.2 Å². The number of fused-ring (bicyclic) bond motifs is 2. The molecule has 0 saturated carbocycles. The topological polar surface area (TPSA) is 36.2 Å². The predicted molar refractivity (Wildman–Crippen MR) is 138 cm³/mol. The molecule has 2 aliphatic heterocycles. The molecule has 0 atom stereocenters. The number of nitrogens with zero attached hydrogens (tertiary/aromatic N) is 5. The fourth-order valence-corrected chi connectivity index (χ4v) is 5.93. The molecule has 1 fully saturated rings. The average molecular weight is 492 g/mol. The quantitative estimate of drug-likeness (QED) is 0.409. The second kappa shape index (κ2) is 9.60. The van der Waals surface area contributed by atoms with Gasteiger partial charge in [0.2, 0.25) is 0 Å². The third-order valence-electron chi connectivity index (χ3n) is 7.09. The molecule has 0 radical (unpaired) electrons. The van der Waals surface area contributed by atoms with Gasteiger partial charge in [-0.15, -0.1) is 11.3 Å². The van der Waals surface area contributed by atoms with E-state index in [4.69, 9.17) is 9.72 Å². The number of halogens is 1. The zero-order chi connectivity index (χ0) is 23.8. The summed E-state index contributed by atoms with van der Waals surface area (Å²) in [6.45, 7) is 10.3. The number of aryl methyl sites for hydroxylation is 1. The van der Waals surface area contributed by atoms with Crippen LogP contribution in [0.1, 0.15) is 22.5 Å². The summed E-state index contributed by atoms with van der Waals surface area (Å²) in [6.07, 6.45) is 2.12. The van der Waals surface area contributed by atoms with E-state index in [0.717, 1.165) is 74.4 Å². The summed E-state index contributed by atoms with van der Waals surface area (Å²) in [5.74, 6) is 0.821. The van der Waals surface area contributed by atoms with E-state index in [9.17, 15) is 4.39 Å². The molecule has 1 saturated heterocycles. The molecule has 2 aliphatic rings. The summed E-state index contributed by atoms with van der Waals surface area (Å²) in [5.41, 5.74) is 6.05. The van der Waals surface area contributed by atoms with Crippen LogP contribution in [-0.2, 0) is 19.6 Å². The molecule has 0 amide bonds. The molecule has 4 heterocycles. The Kier molecular flexibility index (Phi) is 6.18. The van der Waals surface area contributed by atoms with Crippen molar-refractivity contribution in [3.63, 3.8) is 0 Å². The van der Waals surface area contributed by atoms with Crippen molar-refractivity contribution >= 4 is 22.0 Å². The lowest BCUT2D eigenvalue weighted by Gasteiger charge is -2.36. The Morgan fingerprint density at radius 2 is 1.80 bits per heavy atom. The van der Waals surface area contributed by atoms with Gasteiger partial charge >= 0.3 is 0 Å².